The molecule has 0 aliphatic heterocycles. The first-order valence-electron chi connectivity index (χ1n) is 8.82. The van der Waals surface area contributed by atoms with Gasteiger partial charge < -0.3 is 0 Å². The van der Waals surface area contributed by atoms with Gasteiger partial charge in [-0.2, -0.15) is 0 Å². The van der Waals surface area contributed by atoms with Crippen LogP contribution in [0.3, 0.4) is 0 Å². The Morgan fingerprint density at radius 2 is 1.64 bits per heavy atom. The monoisotopic (exact) mass is 401 g/mol. The lowest BCUT2D eigenvalue weighted by atomic mass is 10.2. The van der Waals surface area contributed by atoms with Gasteiger partial charge in [0.05, 0.1) is 24.0 Å². The molecule has 5 aromatic rings. The van der Waals surface area contributed by atoms with Crippen LogP contribution in [0.2, 0.25) is 0 Å². The van der Waals surface area contributed by atoms with Crippen LogP contribution in [0.4, 0.5) is 0 Å². The third-order valence-electron chi connectivity index (χ3n) is 4.48. The van der Waals surface area contributed by atoms with Crippen LogP contribution >= 0.6 is 22.7 Å². The van der Waals surface area contributed by atoms with Gasteiger partial charge in [0, 0.05) is 15.8 Å². The molecule has 0 bridgehead atoms. The molecule has 0 aliphatic carbocycles. The van der Waals surface area contributed by atoms with Gasteiger partial charge in [0.2, 0.25) is 0 Å². The summed E-state index contributed by atoms with van der Waals surface area (Å²) in [6.45, 7) is 0.418. The minimum atomic E-state index is -0.0299. The number of thiophene rings is 1. The van der Waals surface area contributed by atoms with E-state index in [0.717, 1.165) is 31.5 Å². The molecular formula is C22H15N3OS2. The van der Waals surface area contributed by atoms with Crippen molar-refractivity contribution in [2.75, 3.05) is 0 Å². The first kappa shape index (κ1) is 17.0. The molecular weight excluding hydrogens is 386 g/mol. The highest BCUT2D eigenvalue weighted by atomic mass is 32.1. The van der Waals surface area contributed by atoms with Crippen molar-refractivity contribution in [3.8, 4) is 21.0 Å². The van der Waals surface area contributed by atoms with Crippen molar-refractivity contribution in [3.05, 3.63) is 94.5 Å². The summed E-state index contributed by atoms with van der Waals surface area (Å²) >= 11 is 3.13. The zero-order chi connectivity index (χ0) is 18.9. The number of fused-ring (bicyclic) bond motifs is 1. The van der Waals surface area contributed by atoms with Crippen molar-refractivity contribution >= 4 is 32.9 Å². The smallest absolute Gasteiger partial charge is 0.262 e. The maximum absolute atomic E-state index is 13.0. The Labute approximate surface area is 169 Å². The molecule has 136 valence electrons. The fourth-order valence-electron chi connectivity index (χ4n) is 3.08. The van der Waals surface area contributed by atoms with Crippen molar-refractivity contribution in [2.24, 2.45) is 0 Å². The Morgan fingerprint density at radius 3 is 2.39 bits per heavy atom. The quantitative estimate of drug-likeness (QED) is 0.411. The fraction of sp³-hybridized carbons (Fsp3) is 0.0455. The molecule has 0 saturated heterocycles. The minimum absolute atomic E-state index is 0.0299. The number of aromatic nitrogens is 3. The van der Waals surface area contributed by atoms with E-state index in [9.17, 15) is 4.79 Å². The average molecular weight is 402 g/mol. The zero-order valence-electron chi connectivity index (χ0n) is 14.8. The SMILES string of the molecule is O=c1c2cc(-c3ccccc3)sc2ncn1Cc1csc(-c2ccccc2)n1. The highest BCUT2D eigenvalue weighted by Crippen LogP contribution is 2.30. The molecule has 0 fully saturated rings. The van der Waals surface area contributed by atoms with E-state index < -0.39 is 0 Å². The summed E-state index contributed by atoms with van der Waals surface area (Å²) in [6, 6.07) is 22.1. The molecule has 0 amide bonds. The third kappa shape index (κ3) is 3.17. The van der Waals surface area contributed by atoms with Crippen molar-refractivity contribution < 1.29 is 0 Å². The van der Waals surface area contributed by atoms with Crippen molar-refractivity contribution in [1.82, 2.24) is 14.5 Å². The normalized spacial score (nSPS) is 11.1. The summed E-state index contributed by atoms with van der Waals surface area (Å²) in [6.07, 6.45) is 1.62. The maximum atomic E-state index is 13.0. The predicted octanol–water partition coefficient (Wildman–Crippen LogP) is 5.30. The Morgan fingerprint density at radius 1 is 0.929 bits per heavy atom. The first-order valence-corrected chi connectivity index (χ1v) is 10.5. The predicted molar refractivity (Wildman–Crippen MR) is 116 cm³/mol. The van der Waals surface area contributed by atoms with E-state index in [1.165, 1.54) is 0 Å². The van der Waals surface area contributed by atoms with Crippen LogP contribution in [0, 0.1) is 0 Å². The molecule has 0 spiro atoms. The van der Waals surface area contributed by atoms with Crippen molar-refractivity contribution in [2.45, 2.75) is 6.54 Å². The van der Waals surface area contributed by atoms with Crippen LogP contribution in [0.15, 0.2) is 83.2 Å². The summed E-state index contributed by atoms with van der Waals surface area (Å²) in [5.74, 6) is 0. The van der Waals surface area contributed by atoms with Crippen molar-refractivity contribution in [3.63, 3.8) is 0 Å². The van der Waals surface area contributed by atoms with Gasteiger partial charge in [-0.15, -0.1) is 22.7 Å². The van der Waals surface area contributed by atoms with Gasteiger partial charge in [0.25, 0.3) is 5.56 Å². The largest absolute Gasteiger partial charge is 0.293 e. The molecule has 4 nitrogen and oxygen atoms in total. The highest BCUT2D eigenvalue weighted by molar-refractivity contribution is 7.21. The Kier molecular flexibility index (Phi) is 4.35. The van der Waals surface area contributed by atoms with E-state index in [-0.39, 0.29) is 5.56 Å². The summed E-state index contributed by atoms with van der Waals surface area (Å²) in [7, 11) is 0. The molecule has 0 saturated carbocycles. The molecule has 3 heterocycles. The van der Waals surface area contributed by atoms with E-state index in [0.29, 0.717) is 11.9 Å². The number of nitrogens with zero attached hydrogens (tertiary/aromatic N) is 3. The maximum Gasteiger partial charge on any atom is 0.262 e. The lowest BCUT2D eigenvalue weighted by Crippen LogP contribution is -2.20. The third-order valence-corrected chi connectivity index (χ3v) is 6.51. The minimum Gasteiger partial charge on any atom is -0.293 e. The Balaban J connectivity index is 1.48. The summed E-state index contributed by atoms with van der Waals surface area (Å²) in [4.78, 5) is 24.0. The lowest BCUT2D eigenvalue weighted by Gasteiger charge is -2.02. The second-order valence-electron chi connectivity index (χ2n) is 6.38. The van der Waals surface area contributed by atoms with Gasteiger partial charge in [-0.3, -0.25) is 9.36 Å². The zero-order valence-corrected chi connectivity index (χ0v) is 16.4. The van der Waals surface area contributed by atoms with Crippen LogP contribution in [0.5, 0.6) is 0 Å². The fourth-order valence-corrected chi connectivity index (χ4v) is 4.90. The Bertz CT molecular complexity index is 1300. The summed E-state index contributed by atoms with van der Waals surface area (Å²) < 4.78 is 1.63. The van der Waals surface area contributed by atoms with Crippen LogP contribution in [-0.2, 0) is 6.54 Å². The van der Waals surface area contributed by atoms with Gasteiger partial charge in [-0.1, -0.05) is 60.7 Å². The second-order valence-corrected chi connectivity index (χ2v) is 8.27. The summed E-state index contributed by atoms with van der Waals surface area (Å²) in [5, 5.41) is 3.62. The molecule has 0 atom stereocenters. The van der Waals surface area contributed by atoms with E-state index in [1.54, 1.807) is 33.6 Å². The first-order chi connectivity index (χ1) is 13.8. The van der Waals surface area contributed by atoms with Gasteiger partial charge in [-0.25, -0.2) is 9.97 Å². The molecule has 28 heavy (non-hydrogen) atoms. The van der Waals surface area contributed by atoms with Gasteiger partial charge in [0.1, 0.15) is 9.84 Å². The molecule has 2 aromatic carbocycles. The topological polar surface area (TPSA) is 47.8 Å². The van der Waals surface area contributed by atoms with Crippen LogP contribution in [0.25, 0.3) is 31.2 Å². The van der Waals surface area contributed by atoms with Gasteiger partial charge >= 0.3 is 0 Å². The highest BCUT2D eigenvalue weighted by Gasteiger charge is 2.12. The van der Waals surface area contributed by atoms with Crippen LogP contribution < -0.4 is 5.56 Å². The van der Waals surface area contributed by atoms with E-state index in [1.807, 2.05) is 72.1 Å². The Hall–Kier alpha value is -3.09. The molecule has 0 aliphatic rings. The number of hydrogen-bond donors (Lipinski definition) is 0. The molecule has 5 rings (SSSR count). The average Bonchev–Trinajstić information content (AvgIpc) is 3.39. The van der Waals surface area contributed by atoms with Gasteiger partial charge in [0.15, 0.2) is 0 Å². The van der Waals surface area contributed by atoms with Gasteiger partial charge in [-0.05, 0) is 11.6 Å². The second kappa shape index (κ2) is 7.14. The van der Waals surface area contributed by atoms with E-state index >= 15 is 0 Å². The number of rotatable bonds is 4. The molecule has 6 heteroatoms. The van der Waals surface area contributed by atoms with E-state index in [4.69, 9.17) is 0 Å². The number of benzene rings is 2. The number of hydrogen-bond acceptors (Lipinski definition) is 5. The number of thiazole rings is 1. The molecule has 3 aromatic heterocycles. The standard InChI is InChI=1S/C22H15N3OS2/c26-22-18-11-19(15-7-3-1-4-8-15)28-21(18)23-14-25(22)12-17-13-27-20(24-17)16-9-5-2-6-10-16/h1-11,13-14H,12H2. The van der Waals surface area contributed by atoms with E-state index in [2.05, 4.69) is 9.97 Å². The van der Waals surface area contributed by atoms with Crippen LogP contribution in [-0.4, -0.2) is 14.5 Å². The summed E-state index contributed by atoms with van der Waals surface area (Å²) in [5.41, 5.74) is 3.02. The van der Waals surface area contributed by atoms with Crippen LogP contribution in [0.1, 0.15) is 5.69 Å². The lowest BCUT2D eigenvalue weighted by molar-refractivity contribution is 0.735. The molecule has 0 radical (unpaired) electrons. The molecule has 0 unspecified atom stereocenters. The van der Waals surface area contributed by atoms with Crippen molar-refractivity contribution in [1.29, 1.82) is 0 Å². The molecule has 0 N–H and O–H groups in total.